The van der Waals surface area contributed by atoms with Crippen LogP contribution in [-0.4, -0.2) is 48.2 Å². The lowest BCUT2D eigenvalue weighted by Gasteiger charge is -2.33. The van der Waals surface area contributed by atoms with Gasteiger partial charge in [-0.15, -0.1) is 0 Å². The summed E-state index contributed by atoms with van der Waals surface area (Å²) in [6.07, 6.45) is 0.409. The van der Waals surface area contributed by atoms with Gasteiger partial charge in [-0.25, -0.2) is 14.4 Å². The van der Waals surface area contributed by atoms with Gasteiger partial charge in [-0.05, 0) is 18.9 Å². The van der Waals surface area contributed by atoms with Crippen molar-refractivity contribution >= 4 is 17.8 Å². The molecule has 1 amide bonds. The lowest BCUT2D eigenvalue weighted by Crippen LogP contribution is -2.45. The molecule has 0 radical (unpaired) electrons. The standard InChI is InChI=1S/C13H17FN4O3/c1-7-5-16-13(17-10(7)11(15)19)18-4-3-8(9(14)6-18)12(20)21-2/h5,8-9H,3-4,6H2,1-2H3,(H2,15,19). The molecule has 0 saturated carbocycles. The molecule has 0 spiro atoms. The third kappa shape index (κ3) is 3.09. The molecule has 1 aromatic heterocycles. The number of esters is 1. The maximum atomic E-state index is 14.1. The molecule has 2 unspecified atom stereocenters. The van der Waals surface area contributed by atoms with Crippen molar-refractivity contribution in [1.82, 2.24) is 9.97 Å². The Balaban J connectivity index is 2.16. The van der Waals surface area contributed by atoms with Gasteiger partial charge in [-0.3, -0.25) is 9.59 Å². The summed E-state index contributed by atoms with van der Waals surface area (Å²) in [5.41, 5.74) is 5.92. The number of halogens is 1. The number of carbonyl (C=O) groups excluding carboxylic acids is 2. The first-order valence-electron chi connectivity index (χ1n) is 6.54. The first-order chi connectivity index (χ1) is 9.93. The number of nitrogens with zero attached hydrogens (tertiary/aromatic N) is 3. The Labute approximate surface area is 121 Å². The van der Waals surface area contributed by atoms with Crippen molar-refractivity contribution in [3.05, 3.63) is 17.5 Å². The van der Waals surface area contributed by atoms with Gasteiger partial charge in [0.1, 0.15) is 11.9 Å². The van der Waals surface area contributed by atoms with Crippen molar-refractivity contribution < 1.29 is 18.7 Å². The van der Waals surface area contributed by atoms with E-state index in [0.717, 1.165) is 0 Å². The molecule has 2 rings (SSSR count). The molecular weight excluding hydrogens is 279 g/mol. The fourth-order valence-corrected chi connectivity index (χ4v) is 2.34. The number of primary amides is 1. The van der Waals surface area contributed by atoms with Crippen LogP contribution in [0, 0.1) is 12.8 Å². The second kappa shape index (κ2) is 6.02. The Morgan fingerprint density at radius 1 is 1.52 bits per heavy atom. The highest BCUT2D eigenvalue weighted by Crippen LogP contribution is 2.24. The molecule has 21 heavy (non-hydrogen) atoms. The second-order valence-electron chi connectivity index (χ2n) is 4.95. The number of anilines is 1. The van der Waals surface area contributed by atoms with E-state index in [1.807, 2.05) is 0 Å². The third-order valence-electron chi connectivity index (χ3n) is 3.52. The molecule has 1 aromatic rings. The average Bonchev–Trinajstić information content (AvgIpc) is 2.46. The number of hydrogen-bond donors (Lipinski definition) is 1. The van der Waals surface area contributed by atoms with E-state index in [9.17, 15) is 14.0 Å². The van der Waals surface area contributed by atoms with Gasteiger partial charge in [0.2, 0.25) is 5.95 Å². The number of piperidine rings is 1. The van der Waals surface area contributed by atoms with E-state index in [-0.39, 0.29) is 18.2 Å². The van der Waals surface area contributed by atoms with Gasteiger partial charge >= 0.3 is 5.97 Å². The van der Waals surface area contributed by atoms with Crippen LogP contribution >= 0.6 is 0 Å². The lowest BCUT2D eigenvalue weighted by molar-refractivity contribution is -0.148. The number of aryl methyl sites for hydroxylation is 1. The number of rotatable bonds is 3. The molecular formula is C13H17FN4O3. The minimum Gasteiger partial charge on any atom is -0.469 e. The van der Waals surface area contributed by atoms with Crippen molar-refractivity contribution in [3.8, 4) is 0 Å². The van der Waals surface area contributed by atoms with Crippen molar-refractivity contribution in [2.45, 2.75) is 19.5 Å². The van der Waals surface area contributed by atoms with E-state index in [1.165, 1.54) is 13.3 Å². The second-order valence-corrected chi connectivity index (χ2v) is 4.95. The van der Waals surface area contributed by atoms with Gasteiger partial charge in [0, 0.05) is 12.7 Å². The summed E-state index contributed by atoms with van der Waals surface area (Å²) < 4.78 is 18.6. The molecule has 2 atom stereocenters. The Hall–Kier alpha value is -2.25. The SMILES string of the molecule is COC(=O)C1CCN(c2ncc(C)c(C(N)=O)n2)CC1F. The summed E-state index contributed by atoms with van der Waals surface area (Å²) in [7, 11) is 1.24. The number of amides is 1. The highest BCUT2D eigenvalue weighted by atomic mass is 19.1. The summed E-state index contributed by atoms with van der Waals surface area (Å²) in [5.74, 6) is -1.74. The molecule has 2 N–H and O–H groups in total. The Morgan fingerprint density at radius 3 is 2.81 bits per heavy atom. The molecule has 114 valence electrons. The first kappa shape index (κ1) is 15.1. The Bertz CT molecular complexity index is 566. The van der Waals surface area contributed by atoms with Crippen LogP contribution in [0.1, 0.15) is 22.5 Å². The number of aromatic nitrogens is 2. The monoisotopic (exact) mass is 296 g/mol. The summed E-state index contributed by atoms with van der Waals surface area (Å²) in [4.78, 5) is 32.5. The number of alkyl halides is 1. The number of nitrogens with two attached hydrogens (primary N) is 1. The highest BCUT2D eigenvalue weighted by Gasteiger charge is 2.36. The highest BCUT2D eigenvalue weighted by molar-refractivity contribution is 5.92. The maximum Gasteiger partial charge on any atom is 0.311 e. The van der Waals surface area contributed by atoms with Crippen molar-refractivity contribution in [2.24, 2.45) is 11.7 Å². The summed E-state index contributed by atoms with van der Waals surface area (Å²) in [6, 6.07) is 0. The molecule has 0 bridgehead atoms. The first-order valence-corrected chi connectivity index (χ1v) is 6.54. The quantitative estimate of drug-likeness (QED) is 0.801. The van der Waals surface area contributed by atoms with E-state index in [0.29, 0.717) is 18.5 Å². The predicted molar refractivity (Wildman–Crippen MR) is 72.5 cm³/mol. The average molecular weight is 296 g/mol. The Kier molecular flexibility index (Phi) is 4.35. The van der Waals surface area contributed by atoms with E-state index in [4.69, 9.17) is 5.73 Å². The van der Waals surface area contributed by atoms with Crippen LogP contribution in [-0.2, 0) is 9.53 Å². The largest absolute Gasteiger partial charge is 0.469 e. The molecule has 0 aromatic carbocycles. The van der Waals surface area contributed by atoms with Crippen molar-refractivity contribution in [2.75, 3.05) is 25.1 Å². The van der Waals surface area contributed by atoms with E-state index >= 15 is 0 Å². The fourth-order valence-electron chi connectivity index (χ4n) is 2.34. The van der Waals surface area contributed by atoms with E-state index in [2.05, 4.69) is 14.7 Å². The summed E-state index contributed by atoms with van der Waals surface area (Å²) >= 11 is 0. The minimum absolute atomic E-state index is 0.0268. The van der Waals surface area contributed by atoms with E-state index < -0.39 is 24.0 Å². The maximum absolute atomic E-state index is 14.1. The van der Waals surface area contributed by atoms with Crippen molar-refractivity contribution in [3.63, 3.8) is 0 Å². The van der Waals surface area contributed by atoms with Crippen LogP contribution in [0.4, 0.5) is 10.3 Å². The molecule has 1 fully saturated rings. The number of methoxy groups -OCH3 is 1. The number of hydrogen-bond acceptors (Lipinski definition) is 6. The van der Waals surface area contributed by atoms with Crippen LogP contribution in [0.25, 0.3) is 0 Å². The normalized spacial score (nSPS) is 22.0. The van der Waals surface area contributed by atoms with Crippen molar-refractivity contribution in [1.29, 1.82) is 0 Å². The van der Waals surface area contributed by atoms with Crippen LogP contribution in [0.15, 0.2) is 6.20 Å². The topological polar surface area (TPSA) is 98.4 Å². The summed E-state index contributed by atoms with van der Waals surface area (Å²) in [5, 5.41) is 0. The van der Waals surface area contributed by atoms with Gasteiger partial charge in [0.25, 0.3) is 5.91 Å². The predicted octanol–water partition coefficient (Wildman–Crippen LogP) is 0.221. The molecule has 7 nitrogen and oxygen atoms in total. The van der Waals surface area contributed by atoms with Crippen LogP contribution < -0.4 is 10.6 Å². The van der Waals surface area contributed by atoms with Gasteiger partial charge < -0.3 is 15.4 Å². The Morgan fingerprint density at radius 2 is 2.24 bits per heavy atom. The zero-order valence-electron chi connectivity index (χ0n) is 11.9. The molecule has 1 aliphatic heterocycles. The van der Waals surface area contributed by atoms with Gasteiger partial charge in [-0.1, -0.05) is 0 Å². The van der Waals surface area contributed by atoms with Gasteiger partial charge in [0.15, 0.2) is 0 Å². The zero-order valence-corrected chi connectivity index (χ0v) is 11.9. The summed E-state index contributed by atoms with van der Waals surface area (Å²) in [6.45, 7) is 2.05. The fraction of sp³-hybridized carbons (Fsp3) is 0.538. The zero-order chi connectivity index (χ0) is 15.6. The molecule has 8 heteroatoms. The molecule has 2 heterocycles. The number of carbonyl (C=O) groups is 2. The van der Waals surface area contributed by atoms with Gasteiger partial charge in [-0.2, -0.15) is 0 Å². The lowest BCUT2D eigenvalue weighted by atomic mass is 9.95. The number of ether oxygens (including phenoxy) is 1. The molecule has 1 saturated heterocycles. The van der Waals surface area contributed by atoms with Crippen LogP contribution in [0.5, 0.6) is 0 Å². The smallest absolute Gasteiger partial charge is 0.311 e. The molecule has 0 aliphatic carbocycles. The van der Waals surface area contributed by atoms with E-state index in [1.54, 1.807) is 11.8 Å². The van der Waals surface area contributed by atoms with Crippen LogP contribution in [0.3, 0.4) is 0 Å². The molecule has 1 aliphatic rings. The third-order valence-corrected chi connectivity index (χ3v) is 3.52. The van der Waals surface area contributed by atoms with Crippen LogP contribution in [0.2, 0.25) is 0 Å². The minimum atomic E-state index is -1.37. The van der Waals surface area contributed by atoms with Gasteiger partial charge in [0.05, 0.1) is 19.6 Å².